The van der Waals surface area contributed by atoms with Crippen molar-refractivity contribution in [3.05, 3.63) is 40.4 Å². The molecule has 0 radical (unpaired) electrons. The summed E-state index contributed by atoms with van der Waals surface area (Å²) >= 11 is 11.7. The summed E-state index contributed by atoms with van der Waals surface area (Å²) in [5.41, 5.74) is 0. The lowest BCUT2D eigenvalue weighted by Crippen LogP contribution is -2.31. The molecule has 0 unspecified atom stereocenters. The zero-order valence-corrected chi connectivity index (χ0v) is 12.1. The molecule has 0 fully saturated rings. The molecule has 0 saturated heterocycles. The summed E-state index contributed by atoms with van der Waals surface area (Å²) in [5.74, 6) is 0.815. The first-order valence-electron chi connectivity index (χ1n) is 5.72. The summed E-state index contributed by atoms with van der Waals surface area (Å²) in [7, 11) is 1.65. The Hall–Kier alpha value is -1.79. The molecule has 1 aromatic heterocycles. The topological polar surface area (TPSA) is 71.1 Å². The smallest absolute Gasteiger partial charge is 0.260 e. The third-order valence-electron chi connectivity index (χ3n) is 2.52. The van der Waals surface area contributed by atoms with Crippen LogP contribution in [0.25, 0.3) is 0 Å². The number of carbonyl (C=O) groups is 1. The Morgan fingerprint density at radius 1 is 1.45 bits per heavy atom. The second-order valence-electron chi connectivity index (χ2n) is 4.05. The van der Waals surface area contributed by atoms with Gasteiger partial charge in [0.25, 0.3) is 5.91 Å². The lowest BCUT2D eigenvalue weighted by Gasteiger charge is -2.16. The number of rotatable bonds is 5. The maximum absolute atomic E-state index is 11.9. The summed E-state index contributed by atoms with van der Waals surface area (Å²) in [5, 5.41) is 7.27. The van der Waals surface area contributed by atoms with Crippen LogP contribution in [0, 0.1) is 0 Å². The number of aromatic nitrogens is 3. The summed E-state index contributed by atoms with van der Waals surface area (Å²) in [6.45, 7) is 0.211. The highest BCUT2D eigenvalue weighted by Gasteiger charge is 2.12. The SMILES string of the molecule is CN(Cc1ncn[nH]1)C(=O)COc1ccc(Cl)cc1Cl. The molecule has 0 spiro atoms. The molecule has 0 aliphatic heterocycles. The van der Waals surface area contributed by atoms with Gasteiger partial charge in [0.2, 0.25) is 0 Å². The monoisotopic (exact) mass is 314 g/mol. The molecule has 2 aromatic rings. The maximum Gasteiger partial charge on any atom is 0.260 e. The minimum atomic E-state index is -0.201. The van der Waals surface area contributed by atoms with Crippen molar-refractivity contribution in [1.29, 1.82) is 0 Å². The molecule has 0 saturated carbocycles. The van der Waals surface area contributed by atoms with Gasteiger partial charge in [-0.2, -0.15) is 5.10 Å². The zero-order chi connectivity index (χ0) is 14.5. The number of H-pyrrole nitrogens is 1. The van der Waals surface area contributed by atoms with Crippen LogP contribution in [0.4, 0.5) is 0 Å². The number of aromatic amines is 1. The van der Waals surface area contributed by atoms with Gasteiger partial charge in [0.05, 0.1) is 11.6 Å². The number of nitrogens with zero attached hydrogens (tertiary/aromatic N) is 3. The highest BCUT2D eigenvalue weighted by atomic mass is 35.5. The molecule has 0 atom stereocenters. The first-order chi connectivity index (χ1) is 9.56. The van der Waals surface area contributed by atoms with Gasteiger partial charge in [-0.05, 0) is 18.2 Å². The van der Waals surface area contributed by atoms with Crippen LogP contribution >= 0.6 is 23.2 Å². The van der Waals surface area contributed by atoms with E-state index in [-0.39, 0.29) is 12.5 Å². The number of amides is 1. The molecule has 1 aromatic carbocycles. The number of hydrogen-bond donors (Lipinski definition) is 1. The molecule has 20 heavy (non-hydrogen) atoms. The Balaban J connectivity index is 1.88. The minimum absolute atomic E-state index is 0.119. The number of halogens is 2. The molecule has 0 aliphatic carbocycles. The van der Waals surface area contributed by atoms with Gasteiger partial charge >= 0.3 is 0 Å². The number of benzene rings is 1. The van der Waals surface area contributed by atoms with Crippen molar-refractivity contribution in [3.8, 4) is 5.75 Å². The van der Waals surface area contributed by atoms with Crippen LogP contribution in [0.5, 0.6) is 5.75 Å². The molecule has 6 nitrogen and oxygen atoms in total. The van der Waals surface area contributed by atoms with E-state index in [2.05, 4.69) is 15.2 Å². The van der Waals surface area contributed by atoms with Crippen molar-refractivity contribution in [2.45, 2.75) is 6.54 Å². The summed E-state index contributed by atoms with van der Waals surface area (Å²) in [6, 6.07) is 4.82. The van der Waals surface area contributed by atoms with E-state index in [1.54, 1.807) is 25.2 Å². The van der Waals surface area contributed by atoms with Gasteiger partial charge in [-0.25, -0.2) is 4.98 Å². The van der Waals surface area contributed by atoms with Crippen molar-refractivity contribution in [2.75, 3.05) is 13.7 Å². The number of ether oxygens (including phenoxy) is 1. The lowest BCUT2D eigenvalue weighted by molar-refractivity contribution is -0.132. The Labute approximate surface area is 125 Å². The van der Waals surface area contributed by atoms with Crippen LogP contribution in [-0.2, 0) is 11.3 Å². The number of carbonyl (C=O) groups excluding carboxylic acids is 1. The third kappa shape index (κ3) is 3.85. The molecule has 1 amide bonds. The van der Waals surface area contributed by atoms with Gasteiger partial charge < -0.3 is 9.64 Å². The van der Waals surface area contributed by atoms with E-state index in [0.29, 0.717) is 28.2 Å². The van der Waals surface area contributed by atoms with Crippen LogP contribution in [0.3, 0.4) is 0 Å². The fraction of sp³-hybridized carbons (Fsp3) is 0.250. The highest BCUT2D eigenvalue weighted by molar-refractivity contribution is 6.35. The highest BCUT2D eigenvalue weighted by Crippen LogP contribution is 2.27. The Bertz CT molecular complexity index is 589. The zero-order valence-electron chi connectivity index (χ0n) is 10.6. The first kappa shape index (κ1) is 14.6. The molecule has 1 heterocycles. The fourth-order valence-electron chi connectivity index (χ4n) is 1.46. The predicted octanol–water partition coefficient (Wildman–Crippen LogP) is 2.15. The van der Waals surface area contributed by atoms with Gasteiger partial charge in [-0.15, -0.1) is 0 Å². The van der Waals surface area contributed by atoms with Crippen LogP contribution in [0.2, 0.25) is 10.0 Å². The maximum atomic E-state index is 11.9. The Morgan fingerprint density at radius 2 is 2.25 bits per heavy atom. The molecular weight excluding hydrogens is 303 g/mol. The number of nitrogens with one attached hydrogen (secondary N) is 1. The normalized spacial score (nSPS) is 10.3. The van der Waals surface area contributed by atoms with E-state index in [9.17, 15) is 4.79 Å². The average molecular weight is 315 g/mol. The average Bonchev–Trinajstić information content (AvgIpc) is 2.90. The Kier molecular flexibility index (Phi) is 4.81. The second-order valence-corrected chi connectivity index (χ2v) is 4.89. The van der Waals surface area contributed by atoms with E-state index in [1.165, 1.54) is 11.2 Å². The predicted molar refractivity (Wildman–Crippen MR) is 74.8 cm³/mol. The third-order valence-corrected chi connectivity index (χ3v) is 3.05. The van der Waals surface area contributed by atoms with Crippen molar-refractivity contribution in [1.82, 2.24) is 20.1 Å². The summed E-state index contributed by atoms with van der Waals surface area (Å²) in [4.78, 5) is 17.3. The van der Waals surface area contributed by atoms with Crippen LogP contribution in [0.15, 0.2) is 24.5 Å². The van der Waals surface area contributed by atoms with Crippen LogP contribution in [0.1, 0.15) is 5.82 Å². The van der Waals surface area contributed by atoms with Crippen LogP contribution < -0.4 is 4.74 Å². The van der Waals surface area contributed by atoms with Gasteiger partial charge in [-0.3, -0.25) is 9.89 Å². The first-order valence-corrected chi connectivity index (χ1v) is 6.48. The van der Waals surface area contributed by atoms with Crippen LogP contribution in [-0.4, -0.2) is 39.6 Å². The van der Waals surface area contributed by atoms with Crippen molar-refractivity contribution >= 4 is 29.1 Å². The summed E-state index contributed by atoms with van der Waals surface area (Å²) < 4.78 is 5.37. The molecule has 0 bridgehead atoms. The van der Waals surface area contributed by atoms with E-state index < -0.39 is 0 Å². The van der Waals surface area contributed by atoms with Gasteiger partial charge in [0, 0.05) is 12.1 Å². The van der Waals surface area contributed by atoms with Crippen molar-refractivity contribution in [3.63, 3.8) is 0 Å². The minimum Gasteiger partial charge on any atom is -0.482 e. The molecule has 2 rings (SSSR count). The molecule has 106 valence electrons. The summed E-state index contributed by atoms with van der Waals surface area (Å²) in [6.07, 6.45) is 1.39. The van der Waals surface area contributed by atoms with E-state index in [4.69, 9.17) is 27.9 Å². The van der Waals surface area contributed by atoms with E-state index in [1.807, 2.05) is 0 Å². The number of hydrogen-bond acceptors (Lipinski definition) is 4. The Morgan fingerprint density at radius 3 is 2.90 bits per heavy atom. The lowest BCUT2D eigenvalue weighted by atomic mass is 10.3. The van der Waals surface area contributed by atoms with Gasteiger partial charge in [0.15, 0.2) is 6.61 Å². The molecular formula is C12H12Cl2N4O2. The standard InChI is InChI=1S/C12H12Cl2N4O2/c1-18(5-11-15-7-16-17-11)12(19)6-20-10-3-2-8(13)4-9(10)14/h2-4,7H,5-6H2,1H3,(H,15,16,17). The molecule has 1 N–H and O–H groups in total. The van der Waals surface area contributed by atoms with Crippen molar-refractivity contribution in [2.24, 2.45) is 0 Å². The van der Waals surface area contributed by atoms with E-state index >= 15 is 0 Å². The van der Waals surface area contributed by atoms with Gasteiger partial charge in [0.1, 0.15) is 17.9 Å². The largest absolute Gasteiger partial charge is 0.482 e. The quantitative estimate of drug-likeness (QED) is 0.918. The molecule has 8 heteroatoms. The van der Waals surface area contributed by atoms with Gasteiger partial charge in [-0.1, -0.05) is 23.2 Å². The van der Waals surface area contributed by atoms with Crippen molar-refractivity contribution < 1.29 is 9.53 Å². The molecule has 0 aliphatic rings. The second kappa shape index (κ2) is 6.58. The number of likely N-dealkylation sites (N-methyl/N-ethyl adjacent to an activating group) is 1. The fourth-order valence-corrected chi connectivity index (χ4v) is 1.92. The van der Waals surface area contributed by atoms with E-state index in [0.717, 1.165) is 0 Å².